The van der Waals surface area contributed by atoms with Gasteiger partial charge in [0.15, 0.2) is 11.6 Å². The molecule has 0 unspecified atom stereocenters. The van der Waals surface area contributed by atoms with Crippen LogP contribution >= 0.6 is 12.6 Å². The van der Waals surface area contributed by atoms with Crippen molar-refractivity contribution < 1.29 is 14.2 Å². The molecule has 13 heavy (non-hydrogen) atoms. The van der Waals surface area contributed by atoms with Crippen LogP contribution < -0.4 is 4.74 Å². The van der Waals surface area contributed by atoms with Gasteiger partial charge in [0.1, 0.15) is 5.75 Å². The second-order valence-corrected chi connectivity index (χ2v) is 3.42. The Morgan fingerprint density at radius 1 is 1.46 bits per heavy atom. The van der Waals surface area contributed by atoms with Gasteiger partial charge < -0.3 is 9.84 Å². The number of thiol groups is 1. The number of hydrogen-bond acceptors (Lipinski definition) is 3. The maximum Gasteiger partial charge on any atom is 0.166 e. The molecule has 0 amide bonds. The molecule has 0 saturated heterocycles. The second-order valence-electron chi connectivity index (χ2n) is 2.94. The van der Waals surface area contributed by atoms with Crippen LogP contribution in [0.25, 0.3) is 0 Å². The minimum Gasteiger partial charge on any atom is -0.507 e. The lowest BCUT2D eigenvalue weighted by atomic mass is 10.3. The van der Waals surface area contributed by atoms with Crippen molar-refractivity contribution in [1.29, 1.82) is 0 Å². The zero-order valence-electron chi connectivity index (χ0n) is 7.41. The highest BCUT2D eigenvalue weighted by molar-refractivity contribution is 7.80. The van der Waals surface area contributed by atoms with E-state index >= 15 is 0 Å². The minimum atomic E-state index is -0.517. The topological polar surface area (TPSA) is 29.5 Å². The van der Waals surface area contributed by atoms with Gasteiger partial charge in [-0.05, 0) is 19.9 Å². The molecule has 4 heteroatoms. The summed E-state index contributed by atoms with van der Waals surface area (Å²) in [5, 5.41) is 9.21. The molecule has 0 aromatic heterocycles. The summed E-state index contributed by atoms with van der Waals surface area (Å²) in [6.07, 6.45) is -0.125. The van der Waals surface area contributed by atoms with Crippen LogP contribution in [0.5, 0.6) is 11.5 Å². The van der Waals surface area contributed by atoms with Crippen LogP contribution in [-0.4, -0.2) is 11.2 Å². The fourth-order valence-electron chi connectivity index (χ4n) is 0.876. The average molecular weight is 202 g/mol. The molecule has 2 nitrogen and oxygen atoms in total. The van der Waals surface area contributed by atoms with Gasteiger partial charge in [-0.25, -0.2) is 4.39 Å². The van der Waals surface area contributed by atoms with Crippen LogP contribution in [0.15, 0.2) is 17.0 Å². The van der Waals surface area contributed by atoms with E-state index in [9.17, 15) is 9.50 Å². The van der Waals surface area contributed by atoms with Gasteiger partial charge >= 0.3 is 0 Å². The van der Waals surface area contributed by atoms with Gasteiger partial charge in [-0.3, -0.25) is 0 Å². The summed E-state index contributed by atoms with van der Waals surface area (Å²) in [6, 6.07) is 2.34. The summed E-state index contributed by atoms with van der Waals surface area (Å²) in [5.41, 5.74) is 0. The van der Waals surface area contributed by atoms with Crippen LogP contribution in [0.3, 0.4) is 0 Å². The molecule has 0 fully saturated rings. The number of aromatic hydroxyl groups is 1. The van der Waals surface area contributed by atoms with E-state index in [1.54, 1.807) is 13.8 Å². The summed E-state index contributed by atoms with van der Waals surface area (Å²) >= 11 is 3.86. The summed E-state index contributed by atoms with van der Waals surface area (Å²) in [5.74, 6) is -0.554. The van der Waals surface area contributed by atoms with E-state index in [0.717, 1.165) is 6.07 Å². The number of rotatable bonds is 2. The third kappa shape index (κ3) is 2.52. The molecule has 0 heterocycles. The number of hydrogen-bond donors (Lipinski definition) is 2. The van der Waals surface area contributed by atoms with Crippen LogP contribution in [0.4, 0.5) is 4.39 Å². The predicted octanol–water partition coefficient (Wildman–Crippen LogP) is 2.61. The highest BCUT2D eigenvalue weighted by Crippen LogP contribution is 2.29. The van der Waals surface area contributed by atoms with E-state index < -0.39 is 5.82 Å². The summed E-state index contributed by atoms with van der Waals surface area (Å²) in [4.78, 5) is 0.202. The molecule has 1 N–H and O–H groups in total. The molecular weight excluding hydrogens is 191 g/mol. The highest BCUT2D eigenvalue weighted by Gasteiger charge is 2.09. The zero-order chi connectivity index (χ0) is 10.0. The molecule has 1 aromatic rings. The fourth-order valence-corrected chi connectivity index (χ4v) is 1.05. The Labute approximate surface area is 81.8 Å². The number of benzene rings is 1. The van der Waals surface area contributed by atoms with Crippen molar-refractivity contribution in [1.82, 2.24) is 0 Å². The monoisotopic (exact) mass is 202 g/mol. The summed E-state index contributed by atoms with van der Waals surface area (Å²) in [6.45, 7) is 3.57. The van der Waals surface area contributed by atoms with E-state index in [-0.39, 0.29) is 22.5 Å². The molecule has 72 valence electrons. The Balaban J connectivity index is 3.01. The van der Waals surface area contributed by atoms with Crippen molar-refractivity contribution >= 4 is 12.6 Å². The third-order valence-corrected chi connectivity index (χ3v) is 1.75. The largest absolute Gasteiger partial charge is 0.507 e. The SMILES string of the molecule is CC(C)Oc1cc(O)c(S)cc1F. The first-order chi connectivity index (χ1) is 6.00. The zero-order valence-corrected chi connectivity index (χ0v) is 8.31. The van der Waals surface area contributed by atoms with Crippen LogP contribution in [-0.2, 0) is 0 Å². The van der Waals surface area contributed by atoms with Gasteiger partial charge in [-0.2, -0.15) is 0 Å². The molecule has 0 aliphatic rings. The summed E-state index contributed by atoms with van der Waals surface area (Å²) in [7, 11) is 0. The lowest BCUT2D eigenvalue weighted by Crippen LogP contribution is -2.06. The van der Waals surface area contributed by atoms with Gasteiger partial charge in [-0.1, -0.05) is 0 Å². The maximum atomic E-state index is 13.1. The van der Waals surface area contributed by atoms with Crippen LogP contribution in [0, 0.1) is 5.82 Å². The third-order valence-electron chi connectivity index (χ3n) is 1.39. The van der Waals surface area contributed by atoms with Crippen molar-refractivity contribution in [2.75, 3.05) is 0 Å². The van der Waals surface area contributed by atoms with Crippen LogP contribution in [0.2, 0.25) is 0 Å². The number of phenols is 1. The van der Waals surface area contributed by atoms with Gasteiger partial charge in [0.2, 0.25) is 0 Å². The Bertz CT molecular complexity index is 313. The van der Waals surface area contributed by atoms with Crippen molar-refractivity contribution in [3.63, 3.8) is 0 Å². The molecule has 0 radical (unpaired) electrons. The van der Waals surface area contributed by atoms with E-state index in [0.29, 0.717) is 0 Å². The van der Waals surface area contributed by atoms with E-state index in [1.165, 1.54) is 6.07 Å². The molecular formula is C9H11FO2S. The van der Waals surface area contributed by atoms with Gasteiger partial charge in [0.25, 0.3) is 0 Å². The standard InChI is InChI=1S/C9H11FO2S/c1-5(2)12-8-4-7(11)9(13)3-6(8)10/h3-5,11,13H,1-2H3. The maximum absolute atomic E-state index is 13.1. The predicted molar refractivity (Wildman–Crippen MR) is 51.1 cm³/mol. The number of halogens is 1. The summed E-state index contributed by atoms with van der Waals surface area (Å²) < 4.78 is 18.2. The fraction of sp³-hybridized carbons (Fsp3) is 0.333. The van der Waals surface area contributed by atoms with E-state index in [4.69, 9.17) is 4.74 Å². The molecule has 0 aliphatic heterocycles. The normalized spacial score (nSPS) is 10.5. The second kappa shape index (κ2) is 3.87. The smallest absolute Gasteiger partial charge is 0.166 e. The molecule has 0 atom stereocenters. The van der Waals surface area contributed by atoms with E-state index in [2.05, 4.69) is 12.6 Å². The molecule has 1 rings (SSSR count). The first kappa shape index (κ1) is 10.2. The van der Waals surface area contributed by atoms with Gasteiger partial charge in [0, 0.05) is 11.0 Å². The Morgan fingerprint density at radius 2 is 2.08 bits per heavy atom. The quantitative estimate of drug-likeness (QED) is 0.722. The average Bonchev–Trinajstić information content (AvgIpc) is 1.99. The van der Waals surface area contributed by atoms with Crippen LogP contribution in [0.1, 0.15) is 13.8 Å². The first-order valence-electron chi connectivity index (χ1n) is 3.89. The molecule has 0 saturated carbocycles. The van der Waals surface area contributed by atoms with Crippen molar-refractivity contribution in [3.05, 3.63) is 17.9 Å². The van der Waals surface area contributed by atoms with Gasteiger partial charge in [-0.15, -0.1) is 12.6 Å². The van der Waals surface area contributed by atoms with E-state index in [1.807, 2.05) is 0 Å². The Hall–Kier alpha value is -0.900. The van der Waals surface area contributed by atoms with Crippen molar-refractivity contribution in [3.8, 4) is 11.5 Å². The first-order valence-corrected chi connectivity index (χ1v) is 4.33. The molecule has 0 aliphatic carbocycles. The molecule has 0 spiro atoms. The van der Waals surface area contributed by atoms with Gasteiger partial charge in [0.05, 0.1) is 6.10 Å². The number of phenolic OH excluding ortho intramolecular Hbond substituents is 1. The van der Waals surface area contributed by atoms with Crippen molar-refractivity contribution in [2.45, 2.75) is 24.8 Å². The Kier molecular flexibility index (Phi) is 3.03. The number of ether oxygens (including phenoxy) is 1. The minimum absolute atomic E-state index is 0.0466. The molecule has 0 bridgehead atoms. The Morgan fingerprint density at radius 3 is 2.62 bits per heavy atom. The highest BCUT2D eigenvalue weighted by atomic mass is 32.1. The lowest BCUT2D eigenvalue weighted by molar-refractivity contribution is 0.229. The molecule has 1 aromatic carbocycles. The van der Waals surface area contributed by atoms with Crippen molar-refractivity contribution in [2.24, 2.45) is 0 Å². The lowest BCUT2D eigenvalue weighted by Gasteiger charge is -2.11.